The second-order valence-corrected chi connectivity index (χ2v) is 7.41. The van der Waals surface area contributed by atoms with Crippen LogP contribution < -0.4 is 0 Å². The van der Waals surface area contributed by atoms with Crippen LogP contribution in [0, 0.1) is 17.1 Å². The molecule has 1 aliphatic rings. The van der Waals surface area contributed by atoms with Gasteiger partial charge in [0.2, 0.25) is 0 Å². The van der Waals surface area contributed by atoms with Gasteiger partial charge in [-0.1, -0.05) is 0 Å². The molecule has 0 atom stereocenters. The molecule has 0 amide bonds. The molecule has 1 aliphatic heterocycles. The zero-order valence-electron chi connectivity index (χ0n) is 16.3. The number of nitrogens with zero attached hydrogens (tertiary/aromatic N) is 6. The maximum Gasteiger partial charge on any atom is 0.251 e. The van der Waals surface area contributed by atoms with Crippen LogP contribution in [-0.4, -0.2) is 43.4 Å². The molecule has 0 unspecified atom stereocenters. The van der Waals surface area contributed by atoms with Gasteiger partial charge in [0.25, 0.3) is 6.43 Å². The number of hydrogen-bond acceptors (Lipinski definition) is 4. The van der Waals surface area contributed by atoms with Crippen LogP contribution in [0.1, 0.15) is 11.5 Å². The van der Waals surface area contributed by atoms with Gasteiger partial charge in [-0.15, -0.1) is 0 Å². The lowest BCUT2D eigenvalue weighted by atomic mass is 10.1. The molecular weight excluding hydrogens is 405 g/mol. The summed E-state index contributed by atoms with van der Waals surface area (Å²) in [5, 5.41) is 9.37. The molecule has 4 heterocycles. The zero-order valence-corrected chi connectivity index (χ0v) is 16.3. The van der Waals surface area contributed by atoms with Crippen molar-refractivity contribution in [3.8, 4) is 28.6 Å². The van der Waals surface area contributed by atoms with Crippen molar-refractivity contribution in [3.63, 3.8) is 0 Å². The number of hydrogen-bond donors (Lipinski definition) is 0. The van der Waals surface area contributed by atoms with Crippen LogP contribution in [0.25, 0.3) is 28.2 Å². The Morgan fingerprint density at radius 2 is 1.84 bits per heavy atom. The Morgan fingerprint density at radius 1 is 1.06 bits per heavy atom. The minimum atomic E-state index is -2.41. The summed E-state index contributed by atoms with van der Waals surface area (Å²) < 4.78 is 43.0. The third-order valence-electron chi connectivity index (χ3n) is 5.46. The summed E-state index contributed by atoms with van der Waals surface area (Å²) in [6.45, 7) is 0.967. The van der Waals surface area contributed by atoms with E-state index in [0.717, 1.165) is 16.8 Å². The predicted molar refractivity (Wildman–Crippen MR) is 108 cm³/mol. The molecule has 0 spiro atoms. The predicted octanol–water partition coefficient (Wildman–Crippen LogP) is 3.96. The Hall–Kier alpha value is -3.64. The summed E-state index contributed by atoms with van der Waals surface area (Å²) in [6, 6.07) is 11.9. The Bertz CT molecular complexity index is 1300. The van der Waals surface area contributed by atoms with Crippen molar-refractivity contribution in [2.75, 3.05) is 13.1 Å². The number of aromatic nitrogens is 4. The molecule has 31 heavy (non-hydrogen) atoms. The van der Waals surface area contributed by atoms with Crippen molar-refractivity contribution in [2.45, 2.75) is 19.5 Å². The lowest BCUT2D eigenvalue weighted by Gasteiger charge is -2.28. The molecule has 9 heteroatoms. The SMILES string of the molecule is N#Cc1cnc2ccc(-c3c(-c4ccc(F)cc4)nc4n3CCN(CC(F)F)C4)cn12. The van der Waals surface area contributed by atoms with Gasteiger partial charge in [-0.2, -0.15) is 5.26 Å². The summed E-state index contributed by atoms with van der Waals surface area (Å²) >= 11 is 0. The average molecular weight is 422 g/mol. The monoisotopic (exact) mass is 422 g/mol. The Labute approximate surface area is 175 Å². The smallest absolute Gasteiger partial charge is 0.251 e. The summed E-state index contributed by atoms with van der Waals surface area (Å²) in [6.07, 6.45) is 0.920. The van der Waals surface area contributed by atoms with Gasteiger partial charge in [0.1, 0.15) is 29.1 Å². The van der Waals surface area contributed by atoms with Crippen LogP contribution in [0.4, 0.5) is 13.2 Å². The highest BCUT2D eigenvalue weighted by Crippen LogP contribution is 2.35. The van der Waals surface area contributed by atoms with E-state index in [0.29, 0.717) is 42.5 Å². The summed E-state index contributed by atoms with van der Waals surface area (Å²) in [5.41, 5.74) is 4.03. The standard InChI is InChI=1S/C22H17F3N6/c23-16-4-1-14(2-5-16)21-22(15-3-6-19-27-10-17(9-26)31(19)11-15)30-8-7-29(12-18(24)25)13-20(30)28-21/h1-6,10-11,18H,7-8,12-13H2. The number of pyridine rings is 1. The van der Waals surface area contributed by atoms with E-state index >= 15 is 0 Å². The van der Waals surface area contributed by atoms with Gasteiger partial charge in [-0.05, 0) is 36.4 Å². The lowest BCUT2D eigenvalue weighted by molar-refractivity contribution is 0.0744. The first-order chi connectivity index (χ1) is 15.0. The number of imidazole rings is 2. The highest BCUT2D eigenvalue weighted by molar-refractivity contribution is 5.79. The highest BCUT2D eigenvalue weighted by atomic mass is 19.3. The molecule has 0 bridgehead atoms. The third kappa shape index (κ3) is 3.45. The Morgan fingerprint density at radius 3 is 2.58 bits per heavy atom. The summed E-state index contributed by atoms with van der Waals surface area (Å²) in [7, 11) is 0. The van der Waals surface area contributed by atoms with Crippen molar-refractivity contribution >= 4 is 5.65 Å². The number of benzene rings is 1. The number of fused-ring (bicyclic) bond motifs is 2. The fourth-order valence-electron chi connectivity index (χ4n) is 4.04. The fourth-order valence-corrected chi connectivity index (χ4v) is 4.04. The molecule has 5 rings (SSSR count). The van der Waals surface area contributed by atoms with Crippen LogP contribution in [0.3, 0.4) is 0 Å². The van der Waals surface area contributed by atoms with Crippen LogP contribution in [-0.2, 0) is 13.1 Å². The first-order valence-corrected chi connectivity index (χ1v) is 9.77. The molecule has 0 radical (unpaired) electrons. The molecule has 0 N–H and O–H groups in total. The Balaban J connectivity index is 1.68. The van der Waals surface area contributed by atoms with E-state index in [1.807, 2.05) is 22.9 Å². The number of nitriles is 1. The highest BCUT2D eigenvalue weighted by Gasteiger charge is 2.26. The minimum absolute atomic E-state index is 0.301. The van der Waals surface area contributed by atoms with Crippen molar-refractivity contribution in [2.24, 2.45) is 0 Å². The lowest BCUT2D eigenvalue weighted by Crippen LogP contribution is -2.37. The number of rotatable bonds is 4. The summed E-state index contributed by atoms with van der Waals surface area (Å²) in [4.78, 5) is 10.7. The zero-order chi connectivity index (χ0) is 21.5. The number of alkyl halides is 2. The molecular formula is C22H17F3N6. The average Bonchev–Trinajstić information content (AvgIpc) is 3.34. The maximum absolute atomic E-state index is 13.5. The van der Waals surface area contributed by atoms with Crippen molar-refractivity contribution in [1.82, 2.24) is 23.8 Å². The van der Waals surface area contributed by atoms with Crippen molar-refractivity contribution < 1.29 is 13.2 Å². The van der Waals surface area contributed by atoms with Crippen LogP contribution in [0.5, 0.6) is 0 Å². The fraction of sp³-hybridized carbons (Fsp3) is 0.227. The summed E-state index contributed by atoms with van der Waals surface area (Å²) in [5.74, 6) is 0.323. The normalized spacial score (nSPS) is 14.2. The van der Waals surface area contributed by atoms with E-state index < -0.39 is 6.43 Å². The largest absolute Gasteiger partial charge is 0.325 e. The molecule has 0 saturated carbocycles. The molecule has 156 valence electrons. The molecule has 6 nitrogen and oxygen atoms in total. The van der Waals surface area contributed by atoms with Gasteiger partial charge in [-0.25, -0.2) is 23.1 Å². The first-order valence-electron chi connectivity index (χ1n) is 9.77. The molecule has 4 aromatic rings. The van der Waals surface area contributed by atoms with E-state index in [1.54, 1.807) is 21.4 Å². The minimum Gasteiger partial charge on any atom is -0.325 e. The quantitative estimate of drug-likeness (QED) is 0.500. The van der Waals surface area contributed by atoms with Crippen molar-refractivity contribution in [1.29, 1.82) is 5.26 Å². The second kappa shape index (κ2) is 7.56. The van der Waals surface area contributed by atoms with Gasteiger partial charge < -0.3 is 4.57 Å². The molecule has 1 aromatic carbocycles. The number of halogens is 3. The van der Waals surface area contributed by atoms with Crippen LogP contribution in [0.15, 0.2) is 48.8 Å². The van der Waals surface area contributed by atoms with Gasteiger partial charge in [0.05, 0.1) is 30.7 Å². The van der Waals surface area contributed by atoms with E-state index in [4.69, 9.17) is 4.98 Å². The molecule has 0 aliphatic carbocycles. The third-order valence-corrected chi connectivity index (χ3v) is 5.46. The van der Waals surface area contributed by atoms with Crippen LogP contribution in [0.2, 0.25) is 0 Å². The van der Waals surface area contributed by atoms with Gasteiger partial charge in [0.15, 0.2) is 0 Å². The molecule has 0 fully saturated rings. The van der Waals surface area contributed by atoms with E-state index in [2.05, 4.69) is 11.1 Å². The van der Waals surface area contributed by atoms with Crippen LogP contribution >= 0.6 is 0 Å². The topological polar surface area (TPSA) is 62.2 Å². The van der Waals surface area contributed by atoms with Gasteiger partial charge >= 0.3 is 0 Å². The van der Waals surface area contributed by atoms with E-state index in [9.17, 15) is 18.4 Å². The van der Waals surface area contributed by atoms with Gasteiger partial charge in [-0.3, -0.25) is 9.30 Å². The second-order valence-electron chi connectivity index (χ2n) is 7.41. The van der Waals surface area contributed by atoms with E-state index in [1.165, 1.54) is 18.3 Å². The van der Waals surface area contributed by atoms with E-state index in [-0.39, 0.29) is 12.4 Å². The van der Waals surface area contributed by atoms with Gasteiger partial charge in [0, 0.05) is 30.4 Å². The first kappa shape index (κ1) is 19.3. The molecule has 3 aromatic heterocycles. The molecule has 0 saturated heterocycles. The van der Waals surface area contributed by atoms with Crippen molar-refractivity contribution in [3.05, 3.63) is 66.1 Å². The maximum atomic E-state index is 13.5. The Kier molecular flexibility index (Phi) is 4.71.